The number of rotatable bonds is 4. The van der Waals surface area contributed by atoms with Crippen LogP contribution < -0.4 is 10.6 Å². The third kappa shape index (κ3) is 2.82. The zero-order chi connectivity index (χ0) is 12.8. The lowest BCUT2D eigenvalue weighted by atomic mass is 10.1. The van der Waals surface area contributed by atoms with Gasteiger partial charge in [0.25, 0.3) is 0 Å². The molecule has 1 aromatic heterocycles. The average Bonchev–Trinajstić information content (AvgIpc) is 2.46. The standard InChI is InChI=1S/C13H14N4O/c1-14-12(18)11(10-6-3-2-4-7-10)17-13-15-8-5-9-16-13/h2-9,11H,1H3,(H,14,18)(H,15,16,17)/t11-/m1/s1. The molecule has 5 heteroatoms. The van der Waals surface area contributed by atoms with Crippen molar-refractivity contribution in [2.45, 2.75) is 6.04 Å². The molecule has 2 rings (SSSR count). The fraction of sp³-hybridized carbons (Fsp3) is 0.154. The normalized spacial score (nSPS) is 11.6. The van der Waals surface area contributed by atoms with Crippen LogP contribution in [0.4, 0.5) is 5.95 Å². The van der Waals surface area contributed by atoms with Crippen molar-refractivity contribution in [2.75, 3.05) is 12.4 Å². The van der Waals surface area contributed by atoms with Gasteiger partial charge in [0.05, 0.1) is 0 Å². The van der Waals surface area contributed by atoms with Crippen molar-refractivity contribution in [3.63, 3.8) is 0 Å². The van der Waals surface area contributed by atoms with Gasteiger partial charge in [0, 0.05) is 19.4 Å². The lowest BCUT2D eigenvalue weighted by Gasteiger charge is -2.17. The maximum Gasteiger partial charge on any atom is 0.246 e. The van der Waals surface area contributed by atoms with Crippen LogP contribution in [0.5, 0.6) is 0 Å². The van der Waals surface area contributed by atoms with Crippen molar-refractivity contribution >= 4 is 11.9 Å². The topological polar surface area (TPSA) is 66.9 Å². The van der Waals surface area contributed by atoms with E-state index in [0.29, 0.717) is 5.95 Å². The number of anilines is 1. The van der Waals surface area contributed by atoms with Crippen LogP contribution in [0.15, 0.2) is 48.8 Å². The third-order valence-electron chi connectivity index (χ3n) is 2.48. The molecule has 0 aliphatic heterocycles. The third-order valence-corrected chi connectivity index (χ3v) is 2.48. The Morgan fingerprint density at radius 3 is 2.39 bits per heavy atom. The van der Waals surface area contributed by atoms with Crippen LogP contribution in [0.25, 0.3) is 0 Å². The molecule has 1 atom stereocenters. The summed E-state index contributed by atoms with van der Waals surface area (Å²) in [5, 5.41) is 5.64. The molecule has 0 unspecified atom stereocenters. The maximum absolute atomic E-state index is 11.9. The van der Waals surface area contributed by atoms with E-state index in [1.165, 1.54) is 0 Å². The first-order chi connectivity index (χ1) is 8.81. The molecule has 92 valence electrons. The van der Waals surface area contributed by atoms with E-state index in [4.69, 9.17) is 0 Å². The van der Waals surface area contributed by atoms with E-state index in [-0.39, 0.29) is 5.91 Å². The first kappa shape index (κ1) is 12.0. The Hall–Kier alpha value is -2.43. The number of likely N-dealkylation sites (N-methyl/N-ethyl adjacent to an activating group) is 1. The molecule has 1 amide bonds. The Bertz CT molecular complexity index is 501. The number of carbonyl (C=O) groups excluding carboxylic acids is 1. The van der Waals surface area contributed by atoms with Gasteiger partial charge in [0.2, 0.25) is 11.9 Å². The molecule has 0 aliphatic carbocycles. The number of hydrogen-bond acceptors (Lipinski definition) is 4. The summed E-state index contributed by atoms with van der Waals surface area (Å²) < 4.78 is 0. The average molecular weight is 242 g/mol. The molecule has 0 fully saturated rings. The van der Waals surface area contributed by atoms with Gasteiger partial charge in [0.15, 0.2) is 0 Å². The summed E-state index contributed by atoms with van der Waals surface area (Å²) in [4.78, 5) is 20.0. The highest BCUT2D eigenvalue weighted by molar-refractivity contribution is 5.85. The minimum atomic E-state index is -0.501. The summed E-state index contributed by atoms with van der Waals surface area (Å²) in [6.07, 6.45) is 3.25. The van der Waals surface area contributed by atoms with Crippen LogP contribution in [0.3, 0.4) is 0 Å². The monoisotopic (exact) mass is 242 g/mol. The second-order valence-corrected chi connectivity index (χ2v) is 3.67. The molecular formula is C13H14N4O. The molecule has 0 saturated heterocycles. The van der Waals surface area contributed by atoms with Gasteiger partial charge in [0.1, 0.15) is 6.04 Å². The summed E-state index contributed by atoms with van der Waals surface area (Å²) in [5.41, 5.74) is 0.865. The number of aromatic nitrogens is 2. The highest BCUT2D eigenvalue weighted by Crippen LogP contribution is 2.16. The lowest BCUT2D eigenvalue weighted by molar-refractivity contribution is -0.121. The molecule has 0 aliphatic rings. The minimum Gasteiger partial charge on any atom is -0.357 e. The Kier molecular flexibility index (Phi) is 3.86. The predicted molar refractivity (Wildman–Crippen MR) is 68.9 cm³/mol. The van der Waals surface area contributed by atoms with Gasteiger partial charge < -0.3 is 10.6 Å². The summed E-state index contributed by atoms with van der Waals surface area (Å²) in [7, 11) is 1.60. The predicted octanol–water partition coefficient (Wildman–Crippen LogP) is 1.38. The van der Waals surface area contributed by atoms with Crippen LogP contribution in [0, 0.1) is 0 Å². The van der Waals surface area contributed by atoms with Crippen molar-refractivity contribution in [3.8, 4) is 0 Å². The smallest absolute Gasteiger partial charge is 0.246 e. The lowest BCUT2D eigenvalue weighted by Crippen LogP contribution is -2.31. The Balaban J connectivity index is 2.24. The molecule has 18 heavy (non-hydrogen) atoms. The summed E-state index contributed by atoms with van der Waals surface area (Å²) in [6.45, 7) is 0. The van der Waals surface area contributed by atoms with Crippen molar-refractivity contribution in [3.05, 3.63) is 54.4 Å². The fourth-order valence-corrected chi connectivity index (χ4v) is 1.59. The molecule has 0 saturated carbocycles. The van der Waals surface area contributed by atoms with Crippen molar-refractivity contribution in [1.29, 1.82) is 0 Å². The molecule has 1 heterocycles. The van der Waals surface area contributed by atoms with E-state index >= 15 is 0 Å². The van der Waals surface area contributed by atoms with Crippen LogP contribution >= 0.6 is 0 Å². The minimum absolute atomic E-state index is 0.131. The van der Waals surface area contributed by atoms with E-state index < -0.39 is 6.04 Å². The number of hydrogen-bond donors (Lipinski definition) is 2. The highest BCUT2D eigenvalue weighted by Gasteiger charge is 2.19. The van der Waals surface area contributed by atoms with E-state index in [1.54, 1.807) is 25.5 Å². The van der Waals surface area contributed by atoms with E-state index in [1.807, 2.05) is 30.3 Å². The van der Waals surface area contributed by atoms with Crippen LogP contribution in [0.1, 0.15) is 11.6 Å². The molecule has 1 aromatic carbocycles. The first-order valence-electron chi connectivity index (χ1n) is 5.61. The van der Waals surface area contributed by atoms with Gasteiger partial charge in [-0.05, 0) is 11.6 Å². The van der Waals surface area contributed by atoms with Gasteiger partial charge in [-0.15, -0.1) is 0 Å². The molecule has 2 aromatic rings. The number of amides is 1. The summed E-state index contributed by atoms with van der Waals surface area (Å²) in [6, 6.07) is 10.7. The Morgan fingerprint density at radius 2 is 1.78 bits per heavy atom. The number of carbonyl (C=O) groups is 1. The number of nitrogens with one attached hydrogen (secondary N) is 2. The molecular weight excluding hydrogens is 228 g/mol. The van der Waals surface area contributed by atoms with E-state index in [2.05, 4.69) is 20.6 Å². The number of benzene rings is 1. The molecule has 2 N–H and O–H groups in total. The van der Waals surface area contributed by atoms with Gasteiger partial charge in [-0.2, -0.15) is 0 Å². The summed E-state index contributed by atoms with van der Waals surface area (Å²) >= 11 is 0. The Labute approximate surface area is 105 Å². The largest absolute Gasteiger partial charge is 0.357 e. The van der Waals surface area contributed by atoms with Gasteiger partial charge >= 0.3 is 0 Å². The van der Waals surface area contributed by atoms with Crippen LogP contribution in [-0.2, 0) is 4.79 Å². The fourth-order valence-electron chi connectivity index (χ4n) is 1.59. The van der Waals surface area contributed by atoms with Crippen molar-refractivity contribution < 1.29 is 4.79 Å². The second-order valence-electron chi connectivity index (χ2n) is 3.67. The van der Waals surface area contributed by atoms with Gasteiger partial charge in [-0.3, -0.25) is 4.79 Å². The highest BCUT2D eigenvalue weighted by atomic mass is 16.2. The first-order valence-corrected chi connectivity index (χ1v) is 5.61. The number of nitrogens with zero attached hydrogens (tertiary/aromatic N) is 2. The molecule has 0 spiro atoms. The molecule has 5 nitrogen and oxygen atoms in total. The SMILES string of the molecule is CNC(=O)[C@H](Nc1ncccn1)c1ccccc1. The maximum atomic E-state index is 11.9. The van der Waals surface area contributed by atoms with Crippen molar-refractivity contribution in [1.82, 2.24) is 15.3 Å². The van der Waals surface area contributed by atoms with Gasteiger partial charge in [-0.1, -0.05) is 30.3 Å². The quantitative estimate of drug-likeness (QED) is 0.850. The van der Waals surface area contributed by atoms with Crippen LogP contribution in [0.2, 0.25) is 0 Å². The van der Waals surface area contributed by atoms with Crippen LogP contribution in [-0.4, -0.2) is 22.9 Å². The zero-order valence-corrected chi connectivity index (χ0v) is 10.00. The van der Waals surface area contributed by atoms with Gasteiger partial charge in [-0.25, -0.2) is 9.97 Å². The second kappa shape index (κ2) is 5.77. The Morgan fingerprint density at radius 1 is 1.11 bits per heavy atom. The van der Waals surface area contributed by atoms with Crippen molar-refractivity contribution in [2.24, 2.45) is 0 Å². The van der Waals surface area contributed by atoms with E-state index in [9.17, 15) is 4.79 Å². The summed E-state index contributed by atoms with van der Waals surface area (Å²) in [5.74, 6) is 0.295. The molecule has 0 radical (unpaired) electrons. The zero-order valence-electron chi connectivity index (χ0n) is 10.00. The van der Waals surface area contributed by atoms with E-state index in [0.717, 1.165) is 5.56 Å². The molecule has 0 bridgehead atoms.